The zero-order valence-electron chi connectivity index (χ0n) is 11.5. The smallest absolute Gasteiger partial charge is 0.126 e. The quantitative estimate of drug-likeness (QED) is 0.919. The number of nitrogens with one attached hydrogen (secondary N) is 1. The molecule has 1 fully saturated rings. The lowest BCUT2D eigenvalue weighted by Gasteiger charge is -2.30. The highest BCUT2D eigenvalue weighted by Crippen LogP contribution is 2.29. The SMILES string of the molecule is CC1CCCC(c2cncn2C(C)c2ccco2)N1. The van der Waals surface area contributed by atoms with Crippen molar-refractivity contribution in [2.24, 2.45) is 0 Å². The summed E-state index contributed by atoms with van der Waals surface area (Å²) >= 11 is 0. The van der Waals surface area contributed by atoms with E-state index in [1.807, 2.05) is 24.7 Å². The maximum atomic E-state index is 5.51. The van der Waals surface area contributed by atoms with E-state index in [2.05, 4.69) is 28.7 Å². The van der Waals surface area contributed by atoms with Gasteiger partial charge in [0.25, 0.3) is 0 Å². The highest BCUT2D eigenvalue weighted by atomic mass is 16.3. The second-order valence-corrected chi connectivity index (χ2v) is 5.47. The fourth-order valence-corrected chi connectivity index (χ4v) is 2.95. The van der Waals surface area contributed by atoms with Crippen LogP contribution in [0.5, 0.6) is 0 Å². The molecule has 1 saturated heterocycles. The molecule has 1 N–H and O–H groups in total. The maximum Gasteiger partial charge on any atom is 0.126 e. The molecule has 0 aromatic carbocycles. The van der Waals surface area contributed by atoms with Gasteiger partial charge < -0.3 is 14.3 Å². The largest absolute Gasteiger partial charge is 0.467 e. The molecule has 3 unspecified atom stereocenters. The van der Waals surface area contributed by atoms with Gasteiger partial charge in [0, 0.05) is 18.3 Å². The zero-order chi connectivity index (χ0) is 13.2. The summed E-state index contributed by atoms with van der Waals surface area (Å²) in [4.78, 5) is 4.33. The number of furan rings is 1. The molecule has 3 rings (SSSR count). The normalized spacial score (nSPS) is 25.4. The predicted octanol–water partition coefficient (Wildman–Crippen LogP) is 3.29. The van der Waals surface area contributed by atoms with Crippen LogP contribution in [0.25, 0.3) is 0 Å². The molecular weight excluding hydrogens is 238 g/mol. The van der Waals surface area contributed by atoms with Crippen LogP contribution in [0.2, 0.25) is 0 Å². The third-order valence-corrected chi connectivity index (χ3v) is 4.04. The van der Waals surface area contributed by atoms with Gasteiger partial charge in [-0.05, 0) is 45.2 Å². The van der Waals surface area contributed by atoms with Crippen LogP contribution in [0.3, 0.4) is 0 Å². The summed E-state index contributed by atoms with van der Waals surface area (Å²) in [6.07, 6.45) is 9.33. The molecule has 4 heteroatoms. The minimum absolute atomic E-state index is 0.187. The van der Waals surface area contributed by atoms with Crippen LogP contribution in [0.4, 0.5) is 0 Å². The van der Waals surface area contributed by atoms with Crippen LogP contribution in [-0.4, -0.2) is 15.6 Å². The Kier molecular flexibility index (Phi) is 3.42. The highest BCUT2D eigenvalue weighted by molar-refractivity contribution is 5.13. The van der Waals surface area contributed by atoms with E-state index in [9.17, 15) is 0 Å². The number of piperidine rings is 1. The highest BCUT2D eigenvalue weighted by Gasteiger charge is 2.24. The summed E-state index contributed by atoms with van der Waals surface area (Å²) in [6, 6.07) is 5.13. The van der Waals surface area contributed by atoms with Gasteiger partial charge in [-0.2, -0.15) is 0 Å². The summed E-state index contributed by atoms with van der Waals surface area (Å²) in [5, 5.41) is 3.67. The molecule has 0 amide bonds. The first-order chi connectivity index (χ1) is 9.25. The van der Waals surface area contributed by atoms with Gasteiger partial charge in [0.15, 0.2) is 0 Å². The minimum Gasteiger partial charge on any atom is -0.467 e. The number of imidazole rings is 1. The molecule has 1 aliphatic heterocycles. The maximum absolute atomic E-state index is 5.51. The molecule has 2 aromatic heterocycles. The molecule has 0 spiro atoms. The van der Waals surface area contributed by atoms with E-state index in [0.29, 0.717) is 12.1 Å². The summed E-state index contributed by atoms with van der Waals surface area (Å²) in [6.45, 7) is 4.40. The number of hydrogen-bond donors (Lipinski definition) is 1. The van der Waals surface area contributed by atoms with Crippen LogP contribution in [-0.2, 0) is 0 Å². The number of aromatic nitrogens is 2. The molecule has 0 saturated carbocycles. The molecule has 0 aliphatic carbocycles. The molecule has 1 aliphatic rings. The molecule has 19 heavy (non-hydrogen) atoms. The lowest BCUT2D eigenvalue weighted by atomic mass is 9.97. The Morgan fingerprint density at radius 3 is 3.11 bits per heavy atom. The molecule has 0 radical (unpaired) electrons. The van der Waals surface area contributed by atoms with E-state index in [1.165, 1.54) is 25.0 Å². The van der Waals surface area contributed by atoms with Crippen molar-refractivity contribution in [3.05, 3.63) is 42.4 Å². The molecule has 3 heterocycles. The van der Waals surface area contributed by atoms with E-state index >= 15 is 0 Å². The summed E-state index contributed by atoms with van der Waals surface area (Å²) in [5.74, 6) is 0.975. The molecule has 0 bridgehead atoms. The van der Waals surface area contributed by atoms with Crippen molar-refractivity contribution in [2.45, 2.75) is 51.2 Å². The first kappa shape index (κ1) is 12.5. The lowest BCUT2D eigenvalue weighted by Crippen LogP contribution is -2.35. The van der Waals surface area contributed by atoms with E-state index < -0.39 is 0 Å². The Morgan fingerprint density at radius 2 is 2.37 bits per heavy atom. The molecular formula is C15H21N3O. The molecule has 102 valence electrons. The van der Waals surface area contributed by atoms with Crippen molar-refractivity contribution in [1.82, 2.24) is 14.9 Å². The molecule has 2 aromatic rings. The van der Waals surface area contributed by atoms with Gasteiger partial charge in [-0.1, -0.05) is 0 Å². The fraction of sp³-hybridized carbons (Fsp3) is 0.533. The fourth-order valence-electron chi connectivity index (χ4n) is 2.95. The van der Waals surface area contributed by atoms with Crippen LogP contribution in [0.15, 0.2) is 35.3 Å². The van der Waals surface area contributed by atoms with Crippen molar-refractivity contribution in [3.8, 4) is 0 Å². The Hall–Kier alpha value is -1.55. The van der Waals surface area contributed by atoms with Crippen molar-refractivity contribution in [1.29, 1.82) is 0 Å². The van der Waals surface area contributed by atoms with Gasteiger partial charge in [-0.25, -0.2) is 4.98 Å². The van der Waals surface area contributed by atoms with Crippen molar-refractivity contribution in [3.63, 3.8) is 0 Å². The van der Waals surface area contributed by atoms with Gasteiger partial charge in [-0.15, -0.1) is 0 Å². The van der Waals surface area contributed by atoms with E-state index in [-0.39, 0.29) is 6.04 Å². The van der Waals surface area contributed by atoms with Gasteiger partial charge in [0.1, 0.15) is 5.76 Å². The second kappa shape index (κ2) is 5.21. The van der Waals surface area contributed by atoms with E-state index in [0.717, 1.165) is 5.76 Å². The number of nitrogens with zero attached hydrogens (tertiary/aromatic N) is 2. The molecule has 4 nitrogen and oxygen atoms in total. The Morgan fingerprint density at radius 1 is 1.47 bits per heavy atom. The van der Waals surface area contributed by atoms with Crippen LogP contribution >= 0.6 is 0 Å². The van der Waals surface area contributed by atoms with Crippen LogP contribution < -0.4 is 5.32 Å². The Bertz CT molecular complexity index is 517. The average molecular weight is 259 g/mol. The third kappa shape index (κ3) is 2.45. The minimum atomic E-state index is 0.187. The van der Waals surface area contributed by atoms with Crippen molar-refractivity contribution in [2.75, 3.05) is 0 Å². The first-order valence-electron chi connectivity index (χ1n) is 7.07. The van der Waals surface area contributed by atoms with Gasteiger partial charge >= 0.3 is 0 Å². The zero-order valence-corrected chi connectivity index (χ0v) is 11.5. The lowest BCUT2D eigenvalue weighted by molar-refractivity contribution is 0.323. The number of hydrogen-bond acceptors (Lipinski definition) is 3. The van der Waals surface area contributed by atoms with Crippen molar-refractivity contribution >= 4 is 0 Å². The predicted molar refractivity (Wildman–Crippen MR) is 73.9 cm³/mol. The summed E-state index contributed by atoms with van der Waals surface area (Å²) < 4.78 is 7.73. The van der Waals surface area contributed by atoms with Crippen molar-refractivity contribution < 1.29 is 4.42 Å². The molecule has 3 atom stereocenters. The first-order valence-corrected chi connectivity index (χ1v) is 7.07. The topological polar surface area (TPSA) is 43.0 Å². The average Bonchev–Trinajstić information content (AvgIpc) is 3.09. The van der Waals surface area contributed by atoms with Gasteiger partial charge in [0.2, 0.25) is 0 Å². The Labute approximate surface area is 113 Å². The summed E-state index contributed by atoms with van der Waals surface area (Å²) in [5.41, 5.74) is 1.26. The monoisotopic (exact) mass is 259 g/mol. The van der Waals surface area contributed by atoms with Gasteiger partial charge in [-0.3, -0.25) is 0 Å². The van der Waals surface area contributed by atoms with Crippen LogP contribution in [0, 0.1) is 0 Å². The van der Waals surface area contributed by atoms with E-state index in [4.69, 9.17) is 4.42 Å². The third-order valence-electron chi connectivity index (χ3n) is 4.04. The number of rotatable bonds is 3. The van der Waals surface area contributed by atoms with Crippen LogP contribution in [0.1, 0.15) is 56.6 Å². The summed E-state index contributed by atoms with van der Waals surface area (Å²) in [7, 11) is 0. The van der Waals surface area contributed by atoms with Gasteiger partial charge in [0.05, 0.1) is 24.3 Å². The Balaban J connectivity index is 1.85. The standard InChI is InChI=1S/C15H21N3O/c1-11-5-3-6-13(17-11)14-9-16-10-18(14)12(2)15-7-4-8-19-15/h4,7-13,17H,3,5-6H2,1-2H3. The second-order valence-electron chi connectivity index (χ2n) is 5.47. The van der Waals surface area contributed by atoms with E-state index in [1.54, 1.807) is 6.26 Å².